The Labute approximate surface area is 233 Å². The third-order valence-corrected chi connectivity index (χ3v) is 6.54. The molecule has 0 spiro atoms. The van der Waals surface area contributed by atoms with Crippen LogP contribution in [0.4, 0.5) is 0 Å². The van der Waals surface area contributed by atoms with Gasteiger partial charge in [0, 0.05) is 39.3 Å². The number of nitrogens with one attached hydrogen (secondary N) is 2. The summed E-state index contributed by atoms with van der Waals surface area (Å²) in [6.07, 6.45) is -0.117. The Morgan fingerprint density at radius 1 is 0.625 bits per heavy atom. The smallest absolute Gasteiger partial charge is 0.324 e. The van der Waals surface area contributed by atoms with Crippen LogP contribution in [-0.2, 0) is 31.8 Å². The first-order chi connectivity index (χ1) is 18.9. The zero-order chi connectivity index (χ0) is 30.3. The lowest BCUT2D eigenvalue weighted by atomic mass is 10.2. The highest BCUT2D eigenvalue weighted by atomic mass is 31.2. The average Bonchev–Trinajstić information content (AvgIpc) is 2.91. The first kappa shape index (κ1) is 37.5. The van der Waals surface area contributed by atoms with E-state index in [2.05, 4.69) is 59.2 Å². The average molecular weight is 607 g/mol. The van der Waals surface area contributed by atoms with E-state index in [0.29, 0.717) is 10.1 Å². The lowest BCUT2D eigenvalue weighted by Gasteiger charge is -2.07. The van der Waals surface area contributed by atoms with E-state index in [-0.39, 0.29) is 51.1 Å². The molecular formula is C24H40N4O10P2. The highest BCUT2D eigenvalue weighted by Gasteiger charge is 2.12. The summed E-state index contributed by atoms with van der Waals surface area (Å²) < 4.78 is 20.4. The molecule has 0 saturated heterocycles. The van der Waals surface area contributed by atoms with Crippen molar-refractivity contribution >= 4 is 28.0 Å². The molecule has 2 amide bonds. The minimum atomic E-state index is -3.99. The van der Waals surface area contributed by atoms with Crippen molar-refractivity contribution in [1.29, 1.82) is 0 Å². The predicted octanol–water partition coefficient (Wildman–Crippen LogP) is 1.37. The van der Waals surface area contributed by atoms with Crippen molar-refractivity contribution in [3.8, 4) is 0 Å². The van der Waals surface area contributed by atoms with Crippen LogP contribution < -0.4 is 10.6 Å². The summed E-state index contributed by atoms with van der Waals surface area (Å²) in [6.45, 7) is 3.73. The fraction of sp³-hybridized carbons (Fsp3) is 0.417. The molecule has 0 unspecified atom stereocenters. The van der Waals surface area contributed by atoms with Crippen molar-refractivity contribution in [1.82, 2.24) is 20.8 Å². The molecule has 0 aliphatic heterocycles. The number of carbonyl (C=O) groups excluding carboxylic acids is 2. The molecule has 0 radical (unpaired) electrons. The normalized spacial score (nSPS) is 10.8. The summed E-state index contributed by atoms with van der Waals surface area (Å²) in [5, 5.41) is 24.5. The second-order valence-electron chi connectivity index (χ2n) is 8.35. The van der Waals surface area contributed by atoms with Crippen molar-refractivity contribution in [3.05, 3.63) is 71.8 Å². The third kappa shape index (κ3) is 25.8. The Hall–Kier alpha value is -2.48. The fourth-order valence-corrected chi connectivity index (χ4v) is 3.92. The second-order valence-corrected chi connectivity index (χ2v) is 11.9. The van der Waals surface area contributed by atoms with Crippen molar-refractivity contribution in [3.63, 3.8) is 0 Å². The topological polar surface area (TPSA) is 220 Å². The van der Waals surface area contributed by atoms with Gasteiger partial charge in [-0.2, -0.15) is 0 Å². The van der Waals surface area contributed by atoms with Gasteiger partial charge in [0.2, 0.25) is 12.8 Å². The van der Waals surface area contributed by atoms with E-state index in [1.165, 1.54) is 11.1 Å². The Balaban J connectivity index is 0.000000606. The van der Waals surface area contributed by atoms with Crippen LogP contribution in [0.2, 0.25) is 0 Å². The molecule has 0 bridgehead atoms. The van der Waals surface area contributed by atoms with E-state index in [4.69, 9.17) is 30.0 Å². The molecule has 0 saturated carbocycles. The predicted molar refractivity (Wildman–Crippen MR) is 148 cm³/mol. The lowest BCUT2D eigenvalue weighted by molar-refractivity contribution is -0.149. The number of amides is 2. The Morgan fingerprint density at radius 3 is 1.23 bits per heavy atom. The Kier molecular flexibility index (Phi) is 20.9. The Morgan fingerprint density at radius 2 is 0.950 bits per heavy atom. The van der Waals surface area contributed by atoms with E-state index in [9.17, 15) is 18.7 Å². The Bertz CT molecular complexity index is 928. The molecule has 2 aromatic carbocycles. The zero-order valence-corrected chi connectivity index (χ0v) is 23.9. The summed E-state index contributed by atoms with van der Waals surface area (Å²) in [5.41, 5.74) is 2.67. The molecule has 0 fully saturated rings. The van der Waals surface area contributed by atoms with Crippen molar-refractivity contribution in [2.45, 2.75) is 25.9 Å². The molecule has 0 atom stereocenters. The molecule has 14 nitrogen and oxygen atoms in total. The maximum absolute atomic E-state index is 10.2. The van der Waals surface area contributed by atoms with Gasteiger partial charge in [-0.15, -0.1) is 0 Å². The van der Waals surface area contributed by atoms with Crippen LogP contribution in [0.25, 0.3) is 0 Å². The van der Waals surface area contributed by atoms with E-state index in [1.54, 1.807) is 0 Å². The number of hydrogen-bond donors (Lipinski definition) is 8. The van der Waals surface area contributed by atoms with E-state index in [1.807, 2.05) is 12.1 Å². The third-order valence-electron chi connectivity index (χ3n) is 4.74. The second kappa shape index (κ2) is 22.2. The number of benzene rings is 2. The molecule has 8 N–H and O–H groups in total. The largest absolute Gasteiger partial charge is 0.325 e. The van der Waals surface area contributed by atoms with Gasteiger partial charge < -0.3 is 30.2 Å². The van der Waals surface area contributed by atoms with E-state index < -0.39 is 15.2 Å². The van der Waals surface area contributed by atoms with Gasteiger partial charge in [0.1, 0.15) is 0 Å². The molecule has 2 aromatic rings. The molecule has 0 aromatic heterocycles. The zero-order valence-electron chi connectivity index (χ0n) is 22.1. The summed E-state index contributed by atoms with van der Waals surface area (Å²) >= 11 is 0. The number of carbonyl (C=O) groups is 2. The fourth-order valence-electron chi connectivity index (χ4n) is 2.82. The summed E-state index contributed by atoms with van der Waals surface area (Å²) in [6, 6.07) is 21.0. The minimum absolute atomic E-state index is 0.0609. The first-order valence-electron chi connectivity index (χ1n) is 12.3. The molecule has 0 aliphatic carbocycles. The number of rotatable bonds is 17. The van der Waals surface area contributed by atoms with Crippen LogP contribution >= 0.6 is 15.2 Å². The van der Waals surface area contributed by atoms with Gasteiger partial charge in [-0.25, -0.2) is 10.1 Å². The van der Waals surface area contributed by atoms with Crippen molar-refractivity contribution in [2.24, 2.45) is 0 Å². The van der Waals surface area contributed by atoms with Crippen LogP contribution in [0, 0.1) is 0 Å². The van der Waals surface area contributed by atoms with Gasteiger partial charge in [-0.05, 0) is 24.0 Å². The monoisotopic (exact) mass is 606 g/mol. The SMILES string of the molecule is O=CN(O)CCCP(=O)(O)O.O=CN(O)CCCP(=O)(O)O.c1ccc(CNCCNCc2ccccc2)cc1. The molecule has 0 heterocycles. The van der Waals surface area contributed by atoms with Gasteiger partial charge in [0.15, 0.2) is 0 Å². The van der Waals surface area contributed by atoms with Crippen LogP contribution in [-0.4, -0.2) is 91.4 Å². The number of hydrogen-bond acceptors (Lipinski definition) is 8. The lowest BCUT2D eigenvalue weighted by Crippen LogP contribution is -2.26. The summed E-state index contributed by atoms with van der Waals surface area (Å²) in [5.74, 6) is 0. The van der Waals surface area contributed by atoms with Crippen molar-refractivity contribution in [2.75, 3.05) is 38.5 Å². The highest BCUT2D eigenvalue weighted by Crippen LogP contribution is 2.35. The minimum Gasteiger partial charge on any atom is -0.324 e. The van der Waals surface area contributed by atoms with Crippen LogP contribution in [0.3, 0.4) is 0 Å². The van der Waals surface area contributed by atoms with Crippen LogP contribution in [0.5, 0.6) is 0 Å². The van der Waals surface area contributed by atoms with Gasteiger partial charge in [0.05, 0.1) is 12.3 Å². The van der Waals surface area contributed by atoms with Crippen LogP contribution in [0.1, 0.15) is 24.0 Å². The maximum atomic E-state index is 10.2. The standard InChI is InChI=1S/C16H20N2.2C4H10NO5P/c1-3-7-15(8-4-1)13-17-11-12-18-14-16-9-5-2-6-10-16;2*6-4-5(7)2-1-3-11(8,9)10/h1-10,17-18H,11-14H2;2*4,7H,1-3H2,(H2,8,9,10). The summed E-state index contributed by atoms with van der Waals surface area (Å²) in [7, 11) is -7.97. The van der Waals surface area contributed by atoms with E-state index in [0.717, 1.165) is 26.2 Å². The molecule has 2 rings (SSSR count). The molecular weight excluding hydrogens is 566 g/mol. The van der Waals surface area contributed by atoms with Crippen LogP contribution in [0.15, 0.2) is 60.7 Å². The number of nitrogens with zero attached hydrogens (tertiary/aromatic N) is 2. The van der Waals surface area contributed by atoms with Gasteiger partial charge in [-0.3, -0.25) is 29.1 Å². The molecule has 226 valence electrons. The van der Waals surface area contributed by atoms with Gasteiger partial charge in [-0.1, -0.05) is 60.7 Å². The van der Waals surface area contributed by atoms with E-state index >= 15 is 0 Å². The quantitative estimate of drug-likeness (QED) is 0.0421. The van der Waals surface area contributed by atoms with Crippen molar-refractivity contribution < 1.29 is 48.7 Å². The highest BCUT2D eigenvalue weighted by molar-refractivity contribution is 7.52. The van der Waals surface area contributed by atoms with Gasteiger partial charge in [0.25, 0.3) is 0 Å². The maximum Gasteiger partial charge on any atom is 0.325 e. The molecule has 16 heteroatoms. The van der Waals surface area contributed by atoms with Gasteiger partial charge >= 0.3 is 15.2 Å². The molecule has 0 aliphatic rings. The first-order valence-corrected chi connectivity index (χ1v) is 15.9. The molecule has 40 heavy (non-hydrogen) atoms. The summed E-state index contributed by atoms with van der Waals surface area (Å²) in [4.78, 5) is 52.8. The number of hydroxylamine groups is 4.